The van der Waals surface area contributed by atoms with Crippen molar-refractivity contribution in [2.45, 2.75) is 6.04 Å². The number of hydrogen-bond acceptors (Lipinski definition) is 4. The highest BCUT2D eigenvalue weighted by atomic mass is 16.5. The molecule has 0 aliphatic carbocycles. The van der Waals surface area contributed by atoms with Crippen LogP contribution in [0.25, 0.3) is 0 Å². The molecule has 1 N–H and O–H groups in total. The third kappa shape index (κ3) is 4.76. The molecule has 0 heterocycles. The lowest BCUT2D eigenvalue weighted by atomic mass is 10.1. The Kier molecular flexibility index (Phi) is 6.41. The minimum absolute atomic E-state index is 0.0125. The molecule has 3 aromatic carbocycles. The summed E-state index contributed by atoms with van der Waals surface area (Å²) in [5, 5.41) is 2.93. The van der Waals surface area contributed by atoms with E-state index >= 15 is 0 Å². The van der Waals surface area contributed by atoms with Crippen molar-refractivity contribution in [1.82, 2.24) is 5.32 Å². The van der Waals surface area contributed by atoms with Gasteiger partial charge in [0.25, 0.3) is 5.91 Å². The normalized spacial score (nSPS) is 11.3. The molecule has 0 radical (unpaired) electrons. The Morgan fingerprint density at radius 2 is 1.46 bits per heavy atom. The summed E-state index contributed by atoms with van der Waals surface area (Å²) >= 11 is 0. The third-order valence-corrected chi connectivity index (χ3v) is 4.25. The Morgan fingerprint density at radius 1 is 0.857 bits per heavy atom. The van der Waals surface area contributed by atoms with Crippen molar-refractivity contribution in [3.8, 4) is 5.75 Å². The second kappa shape index (κ2) is 9.37. The van der Waals surface area contributed by atoms with Crippen LogP contribution in [0.2, 0.25) is 0 Å². The lowest BCUT2D eigenvalue weighted by molar-refractivity contribution is 0.0455. The van der Waals surface area contributed by atoms with Gasteiger partial charge in [-0.3, -0.25) is 4.79 Å². The number of para-hydroxylation sites is 1. The predicted octanol–water partition coefficient (Wildman–Crippen LogP) is 4.02. The van der Waals surface area contributed by atoms with Gasteiger partial charge in [0.2, 0.25) is 0 Å². The lowest BCUT2D eigenvalue weighted by Gasteiger charge is -2.20. The van der Waals surface area contributed by atoms with E-state index in [-0.39, 0.29) is 12.5 Å². The summed E-state index contributed by atoms with van der Waals surface area (Å²) in [4.78, 5) is 25.1. The van der Waals surface area contributed by atoms with Crippen LogP contribution in [0.1, 0.15) is 32.3 Å². The summed E-state index contributed by atoms with van der Waals surface area (Å²) in [6.45, 7) is 0.0125. The van der Waals surface area contributed by atoms with Crippen molar-refractivity contribution in [1.29, 1.82) is 0 Å². The molecular weight excluding hydrogens is 354 g/mol. The second-order valence-corrected chi connectivity index (χ2v) is 6.10. The fraction of sp³-hybridized carbons (Fsp3) is 0.130. The monoisotopic (exact) mass is 375 g/mol. The van der Waals surface area contributed by atoms with Crippen LogP contribution in [0, 0.1) is 0 Å². The molecule has 3 aromatic rings. The van der Waals surface area contributed by atoms with Crippen molar-refractivity contribution in [2.75, 3.05) is 13.7 Å². The first-order chi connectivity index (χ1) is 13.7. The zero-order valence-corrected chi connectivity index (χ0v) is 15.5. The first kappa shape index (κ1) is 19.2. The van der Waals surface area contributed by atoms with Crippen molar-refractivity contribution in [3.05, 3.63) is 102 Å². The van der Waals surface area contributed by atoms with Crippen LogP contribution in [0.4, 0.5) is 0 Å². The predicted molar refractivity (Wildman–Crippen MR) is 106 cm³/mol. The fourth-order valence-corrected chi connectivity index (χ4v) is 2.79. The van der Waals surface area contributed by atoms with Crippen LogP contribution in [-0.4, -0.2) is 25.6 Å². The Hall–Kier alpha value is -3.60. The van der Waals surface area contributed by atoms with E-state index in [4.69, 9.17) is 9.47 Å². The average Bonchev–Trinajstić information content (AvgIpc) is 2.77. The van der Waals surface area contributed by atoms with Crippen LogP contribution >= 0.6 is 0 Å². The number of hydrogen-bond donors (Lipinski definition) is 1. The van der Waals surface area contributed by atoms with Gasteiger partial charge < -0.3 is 14.8 Å². The number of carbonyl (C=O) groups is 2. The van der Waals surface area contributed by atoms with E-state index in [1.807, 2.05) is 36.4 Å². The molecular formula is C23H21NO4. The number of rotatable bonds is 7. The van der Waals surface area contributed by atoms with Gasteiger partial charge in [-0.15, -0.1) is 0 Å². The van der Waals surface area contributed by atoms with Gasteiger partial charge in [0.05, 0.1) is 24.3 Å². The smallest absolute Gasteiger partial charge is 0.338 e. The number of carbonyl (C=O) groups excluding carboxylic acids is 2. The molecule has 0 bridgehead atoms. The molecule has 0 saturated carbocycles. The van der Waals surface area contributed by atoms with Crippen molar-refractivity contribution < 1.29 is 19.1 Å². The minimum Gasteiger partial charge on any atom is -0.496 e. The lowest BCUT2D eigenvalue weighted by Crippen LogP contribution is -2.32. The average molecular weight is 375 g/mol. The molecule has 1 amide bonds. The minimum atomic E-state index is -0.494. The number of methoxy groups -OCH3 is 1. The molecule has 0 spiro atoms. The summed E-state index contributed by atoms with van der Waals surface area (Å²) in [5.74, 6) is -0.261. The van der Waals surface area contributed by atoms with Gasteiger partial charge >= 0.3 is 5.97 Å². The Bertz CT molecular complexity index is 926. The van der Waals surface area contributed by atoms with E-state index in [1.54, 1.807) is 48.5 Å². The molecule has 5 heteroatoms. The largest absolute Gasteiger partial charge is 0.496 e. The molecule has 0 aliphatic heterocycles. The van der Waals surface area contributed by atoms with Gasteiger partial charge in [-0.05, 0) is 29.8 Å². The van der Waals surface area contributed by atoms with E-state index in [0.29, 0.717) is 16.9 Å². The maximum atomic E-state index is 12.8. The molecule has 0 aliphatic rings. The van der Waals surface area contributed by atoms with E-state index in [2.05, 4.69) is 5.32 Å². The molecule has 1 atom stereocenters. The summed E-state index contributed by atoms with van der Waals surface area (Å²) in [7, 11) is 1.52. The number of ether oxygens (including phenoxy) is 2. The number of amides is 1. The zero-order valence-electron chi connectivity index (χ0n) is 15.5. The second-order valence-electron chi connectivity index (χ2n) is 6.10. The van der Waals surface area contributed by atoms with Crippen LogP contribution in [0.15, 0.2) is 84.9 Å². The van der Waals surface area contributed by atoms with E-state index in [0.717, 1.165) is 5.56 Å². The van der Waals surface area contributed by atoms with Gasteiger partial charge in [-0.2, -0.15) is 0 Å². The van der Waals surface area contributed by atoms with E-state index in [1.165, 1.54) is 7.11 Å². The topological polar surface area (TPSA) is 64.6 Å². The first-order valence-corrected chi connectivity index (χ1v) is 8.90. The van der Waals surface area contributed by atoms with Gasteiger partial charge in [0.1, 0.15) is 12.4 Å². The highest BCUT2D eigenvalue weighted by Gasteiger charge is 2.20. The molecule has 0 aromatic heterocycles. The molecule has 0 fully saturated rings. The number of nitrogens with one attached hydrogen (secondary N) is 1. The fourth-order valence-electron chi connectivity index (χ4n) is 2.79. The van der Waals surface area contributed by atoms with Crippen molar-refractivity contribution in [3.63, 3.8) is 0 Å². The van der Waals surface area contributed by atoms with Gasteiger partial charge in [-0.1, -0.05) is 60.7 Å². The highest BCUT2D eigenvalue weighted by molar-refractivity contribution is 5.97. The summed E-state index contributed by atoms with van der Waals surface area (Å²) < 4.78 is 10.7. The quantitative estimate of drug-likeness (QED) is 0.634. The van der Waals surface area contributed by atoms with Gasteiger partial charge in [0, 0.05) is 0 Å². The Balaban J connectivity index is 1.76. The number of esters is 1. The zero-order chi connectivity index (χ0) is 19.8. The molecule has 0 unspecified atom stereocenters. The Labute approximate surface area is 163 Å². The highest BCUT2D eigenvalue weighted by Crippen LogP contribution is 2.20. The van der Waals surface area contributed by atoms with Gasteiger partial charge in [-0.25, -0.2) is 4.79 Å². The molecule has 28 heavy (non-hydrogen) atoms. The van der Waals surface area contributed by atoms with Crippen molar-refractivity contribution in [2.24, 2.45) is 0 Å². The van der Waals surface area contributed by atoms with Crippen LogP contribution in [-0.2, 0) is 4.74 Å². The van der Waals surface area contributed by atoms with Gasteiger partial charge in [0.15, 0.2) is 0 Å². The standard InChI is InChI=1S/C23H21NO4/c1-27-21-15-9-8-14-19(21)22(25)24-20(17-10-4-2-5-11-17)16-28-23(26)18-12-6-3-7-13-18/h2-15,20H,16H2,1H3,(H,24,25)/t20-/m1/s1. The van der Waals surface area contributed by atoms with Crippen LogP contribution < -0.4 is 10.1 Å². The Morgan fingerprint density at radius 3 is 2.14 bits per heavy atom. The molecule has 0 saturated heterocycles. The molecule has 142 valence electrons. The van der Waals surface area contributed by atoms with Crippen LogP contribution in [0.3, 0.4) is 0 Å². The molecule has 3 rings (SSSR count). The third-order valence-electron chi connectivity index (χ3n) is 4.25. The maximum absolute atomic E-state index is 12.8. The molecule has 5 nitrogen and oxygen atoms in total. The van der Waals surface area contributed by atoms with Crippen LogP contribution in [0.5, 0.6) is 5.75 Å². The maximum Gasteiger partial charge on any atom is 0.338 e. The van der Waals surface area contributed by atoms with Crippen molar-refractivity contribution >= 4 is 11.9 Å². The first-order valence-electron chi connectivity index (χ1n) is 8.90. The summed E-state index contributed by atoms with van der Waals surface area (Å²) in [5.41, 5.74) is 1.72. The van der Waals surface area contributed by atoms with E-state index < -0.39 is 12.0 Å². The SMILES string of the molecule is COc1ccccc1C(=O)N[C@H](COC(=O)c1ccccc1)c1ccccc1. The number of benzene rings is 3. The summed E-state index contributed by atoms with van der Waals surface area (Å²) in [6.07, 6.45) is 0. The van der Waals surface area contributed by atoms with E-state index in [9.17, 15) is 9.59 Å². The summed E-state index contributed by atoms with van der Waals surface area (Å²) in [6, 6.07) is 24.6.